The van der Waals surface area contributed by atoms with Crippen molar-refractivity contribution < 1.29 is 46.4 Å². The summed E-state index contributed by atoms with van der Waals surface area (Å²) >= 11 is 0. The molecule has 10 heteroatoms. The molecule has 0 radical (unpaired) electrons. The van der Waals surface area contributed by atoms with Crippen LogP contribution < -0.4 is 4.74 Å². The molecule has 0 heterocycles. The molecular formula is C27H34F6O4. The summed E-state index contributed by atoms with van der Waals surface area (Å²) in [6.45, 7) is 6.98. The van der Waals surface area contributed by atoms with Crippen LogP contribution in [0.5, 0.6) is 5.75 Å². The number of ether oxygens (including phenoxy) is 1. The molecule has 2 aromatic carbocycles. The van der Waals surface area contributed by atoms with Gasteiger partial charge < -0.3 is 20.1 Å². The molecule has 0 aliphatic rings. The van der Waals surface area contributed by atoms with Gasteiger partial charge in [0.05, 0.1) is 6.61 Å². The van der Waals surface area contributed by atoms with Crippen LogP contribution in [0.25, 0.3) is 0 Å². The van der Waals surface area contributed by atoms with Crippen LogP contribution in [0.2, 0.25) is 0 Å². The topological polar surface area (TPSA) is 69.9 Å². The van der Waals surface area contributed by atoms with Crippen molar-refractivity contribution >= 4 is 0 Å². The number of aliphatic hydroxyl groups is 3. The van der Waals surface area contributed by atoms with E-state index in [9.17, 15) is 36.6 Å². The molecule has 0 fully saturated rings. The standard InChI is InChI=1S/C27H34F6O4/c1-5-24(6-2,21-9-10-23(18(4)14-21)37-16-22(35)15-34)20-8-7-19(17(3)13-20)11-12-25(36,26(28,29)30)27(31,32)33/h7-10,13-14,22,34-36H,5-6,11-12,15-16H2,1-4H3/t22-/m0/s1. The Morgan fingerprint density at radius 3 is 1.78 bits per heavy atom. The van der Waals surface area contributed by atoms with Crippen LogP contribution in [-0.4, -0.2) is 52.6 Å². The lowest BCUT2D eigenvalue weighted by molar-refractivity contribution is -0.369. The summed E-state index contributed by atoms with van der Waals surface area (Å²) in [5.41, 5.74) is -1.80. The highest BCUT2D eigenvalue weighted by Gasteiger charge is 2.69. The van der Waals surface area contributed by atoms with Gasteiger partial charge in [-0.2, -0.15) is 26.3 Å². The average Bonchev–Trinajstić information content (AvgIpc) is 2.82. The number of alkyl halides is 6. The van der Waals surface area contributed by atoms with E-state index < -0.39 is 48.9 Å². The van der Waals surface area contributed by atoms with Crippen molar-refractivity contribution in [2.75, 3.05) is 13.2 Å². The maximum Gasteiger partial charge on any atom is 0.426 e. The van der Waals surface area contributed by atoms with E-state index in [0.29, 0.717) is 29.7 Å². The minimum absolute atomic E-state index is 0.0676. The molecule has 0 amide bonds. The molecule has 37 heavy (non-hydrogen) atoms. The fourth-order valence-electron chi connectivity index (χ4n) is 4.61. The summed E-state index contributed by atoms with van der Waals surface area (Å²) in [5, 5.41) is 28.0. The van der Waals surface area contributed by atoms with Gasteiger partial charge in [0.25, 0.3) is 5.60 Å². The van der Waals surface area contributed by atoms with Crippen molar-refractivity contribution in [1.82, 2.24) is 0 Å². The van der Waals surface area contributed by atoms with Crippen molar-refractivity contribution in [1.29, 1.82) is 0 Å². The molecule has 208 valence electrons. The minimum Gasteiger partial charge on any atom is -0.491 e. The first-order valence-electron chi connectivity index (χ1n) is 12.0. The third-order valence-electron chi connectivity index (χ3n) is 7.17. The van der Waals surface area contributed by atoms with E-state index in [1.807, 2.05) is 32.9 Å². The molecule has 0 bridgehead atoms. The number of aliphatic hydroxyl groups excluding tert-OH is 2. The number of hydrogen-bond acceptors (Lipinski definition) is 4. The maximum absolute atomic E-state index is 13.1. The molecule has 2 aromatic rings. The van der Waals surface area contributed by atoms with Crippen LogP contribution in [0.3, 0.4) is 0 Å². The van der Waals surface area contributed by atoms with E-state index >= 15 is 0 Å². The lowest BCUT2D eigenvalue weighted by atomic mass is 9.69. The van der Waals surface area contributed by atoms with Crippen LogP contribution in [0, 0.1) is 13.8 Å². The summed E-state index contributed by atoms with van der Waals surface area (Å²) in [7, 11) is 0. The molecule has 0 aliphatic carbocycles. The number of hydrogen-bond donors (Lipinski definition) is 3. The summed E-state index contributed by atoms with van der Waals surface area (Å²) in [5.74, 6) is 0.547. The summed E-state index contributed by atoms with van der Waals surface area (Å²) in [4.78, 5) is 0. The van der Waals surface area contributed by atoms with Gasteiger partial charge >= 0.3 is 12.4 Å². The fraction of sp³-hybridized carbons (Fsp3) is 0.556. The normalized spacial score (nSPS) is 14.1. The van der Waals surface area contributed by atoms with Crippen LogP contribution in [0.4, 0.5) is 26.3 Å². The first-order valence-corrected chi connectivity index (χ1v) is 12.0. The Morgan fingerprint density at radius 1 is 0.838 bits per heavy atom. The average molecular weight is 537 g/mol. The van der Waals surface area contributed by atoms with Gasteiger partial charge in [0.1, 0.15) is 18.5 Å². The summed E-state index contributed by atoms with van der Waals surface area (Å²) in [6, 6.07) is 10.6. The van der Waals surface area contributed by atoms with Gasteiger partial charge in [0, 0.05) is 5.41 Å². The van der Waals surface area contributed by atoms with Gasteiger partial charge in [-0.3, -0.25) is 0 Å². The van der Waals surface area contributed by atoms with Crippen molar-refractivity contribution in [3.05, 3.63) is 64.2 Å². The first kappa shape index (κ1) is 30.9. The molecule has 0 aliphatic heterocycles. The number of benzene rings is 2. The Bertz CT molecular complexity index is 1030. The van der Waals surface area contributed by atoms with Gasteiger partial charge in [0.2, 0.25) is 0 Å². The lowest BCUT2D eigenvalue weighted by Gasteiger charge is -2.35. The minimum atomic E-state index is -5.84. The van der Waals surface area contributed by atoms with E-state index in [0.717, 1.165) is 16.7 Å². The van der Waals surface area contributed by atoms with Crippen LogP contribution in [-0.2, 0) is 11.8 Å². The number of aryl methyl sites for hydroxylation is 3. The Kier molecular flexibility index (Phi) is 9.71. The van der Waals surface area contributed by atoms with Crippen molar-refractivity contribution in [3.63, 3.8) is 0 Å². The maximum atomic E-state index is 13.1. The molecule has 0 spiro atoms. The molecule has 0 aromatic heterocycles. The Balaban J connectivity index is 2.38. The molecule has 2 rings (SSSR count). The SMILES string of the molecule is CCC(CC)(c1ccc(CCC(O)(C(F)(F)F)C(F)(F)F)c(C)c1)c1ccc(OC[C@@H](O)CO)c(C)c1. The van der Waals surface area contributed by atoms with Gasteiger partial charge in [0.15, 0.2) is 0 Å². The highest BCUT2D eigenvalue weighted by molar-refractivity contribution is 5.47. The Hall–Kier alpha value is -2.30. The quantitative estimate of drug-likeness (QED) is 0.312. The molecular weight excluding hydrogens is 502 g/mol. The zero-order valence-corrected chi connectivity index (χ0v) is 21.3. The third-order valence-corrected chi connectivity index (χ3v) is 7.17. The first-order chi connectivity index (χ1) is 17.1. The van der Waals surface area contributed by atoms with Crippen LogP contribution in [0.1, 0.15) is 60.9 Å². The molecule has 0 saturated carbocycles. The Labute approximate surface area is 212 Å². The predicted molar refractivity (Wildman–Crippen MR) is 128 cm³/mol. The van der Waals surface area contributed by atoms with Crippen molar-refractivity contribution in [3.8, 4) is 5.75 Å². The van der Waals surface area contributed by atoms with Gasteiger partial charge in [-0.05, 0) is 73.4 Å². The summed E-state index contributed by atoms with van der Waals surface area (Å²) < 4.78 is 84.0. The second-order valence-electron chi connectivity index (χ2n) is 9.41. The van der Waals surface area contributed by atoms with Crippen molar-refractivity contribution in [2.24, 2.45) is 0 Å². The molecule has 0 saturated heterocycles. The molecule has 4 nitrogen and oxygen atoms in total. The lowest BCUT2D eigenvalue weighted by Crippen LogP contribution is -2.57. The zero-order valence-electron chi connectivity index (χ0n) is 21.3. The van der Waals surface area contributed by atoms with Gasteiger partial charge in [-0.15, -0.1) is 0 Å². The highest BCUT2D eigenvalue weighted by Crippen LogP contribution is 2.46. The van der Waals surface area contributed by atoms with E-state index in [-0.39, 0.29) is 6.61 Å². The zero-order chi connectivity index (χ0) is 28.2. The molecule has 0 unspecified atom stereocenters. The highest BCUT2D eigenvalue weighted by atomic mass is 19.4. The molecule has 3 N–H and O–H groups in total. The van der Waals surface area contributed by atoms with Gasteiger partial charge in [-0.25, -0.2) is 0 Å². The fourth-order valence-corrected chi connectivity index (χ4v) is 4.61. The van der Waals surface area contributed by atoms with E-state index in [4.69, 9.17) is 9.84 Å². The largest absolute Gasteiger partial charge is 0.491 e. The number of halogens is 6. The predicted octanol–water partition coefficient (Wildman–Crippen LogP) is 5.93. The second-order valence-corrected chi connectivity index (χ2v) is 9.41. The van der Waals surface area contributed by atoms with E-state index in [1.54, 1.807) is 25.1 Å². The number of rotatable bonds is 11. The second kappa shape index (κ2) is 11.6. The Morgan fingerprint density at radius 2 is 1.35 bits per heavy atom. The van der Waals surface area contributed by atoms with E-state index in [2.05, 4.69) is 0 Å². The van der Waals surface area contributed by atoms with Gasteiger partial charge in [-0.1, -0.05) is 44.2 Å². The summed E-state index contributed by atoms with van der Waals surface area (Å²) in [6.07, 6.45) is -13.5. The monoisotopic (exact) mass is 536 g/mol. The van der Waals surface area contributed by atoms with Crippen LogP contribution in [0.15, 0.2) is 36.4 Å². The third kappa shape index (κ3) is 6.41. The smallest absolute Gasteiger partial charge is 0.426 e. The molecule has 1 atom stereocenters. The van der Waals surface area contributed by atoms with E-state index in [1.165, 1.54) is 6.07 Å². The van der Waals surface area contributed by atoms with Crippen molar-refractivity contribution in [2.45, 2.75) is 82.9 Å². The van der Waals surface area contributed by atoms with Crippen LogP contribution >= 0.6 is 0 Å².